The molecule has 0 fully saturated rings. The molecule has 0 atom stereocenters. The molecular weight excluding hydrogens is 194 g/mol. The lowest BCUT2D eigenvalue weighted by molar-refractivity contribution is 0.214. The minimum Gasteiger partial charge on any atom is -0.399 e. The zero-order valence-corrected chi connectivity index (χ0v) is 9.54. The Morgan fingerprint density at radius 2 is 1.93 bits per heavy atom. The van der Waals surface area contributed by atoms with E-state index >= 15 is 0 Å². The summed E-state index contributed by atoms with van der Waals surface area (Å²) >= 11 is 1.76. The van der Waals surface area contributed by atoms with Crippen molar-refractivity contribution in [2.24, 2.45) is 5.16 Å². The molecule has 0 amide bonds. The predicted octanol–water partition coefficient (Wildman–Crippen LogP) is 3.19. The highest BCUT2D eigenvalue weighted by atomic mass is 32.2. The van der Waals surface area contributed by atoms with E-state index < -0.39 is 0 Å². The zero-order valence-electron chi connectivity index (χ0n) is 8.73. The van der Waals surface area contributed by atoms with Crippen molar-refractivity contribution in [2.45, 2.75) is 23.5 Å². The molecule has 0 heterocycles. The minimum absolute atomic E-state index is 0.0443. The van der Waals surface area contributed by atoms with Crippen LogP contribution in [-0.2, 0) is 4.84 Å². The molecule has 76 valence electrons. The summed E-state index contributed by atoms with van der Waals surface area (Å²) in [5, 5.41) is 3.79. The highest BCUT2D eigenvalue weighted by molar-refractivity contribution is 8.01. The molecular formula is C11H15NOS. The highest BCUT2D eigenvalue weighted by Crippen LogP contribution is 2.30. The first-order chi connectivity index (χ1) is 6.64. The molecule has 2 nitrogen and oxygen atoms in total. The van der Waals surface area contributed by atoms with Crippen LogP contribution in [0.5, 0.6) is 0 Å². The Bertz CT molecular complexity index is 295. The van der Waals surface area contributed by atoms with Crippen LogP contribution in [0.2, 0.25) is 0 Å². The molecule has 0 aliphatic carbocycles. The van der Waals surface area contributed by atoms with Crippen LogP contribution in [0, 0.1) is 0 Å². The van der Waals surface area contributed by atoms with Crippen LogP contribution in [0.15, 0.2) is 40.4 Å². The second kappa shape index (κ2) is 5.05. The largest absolute Gasteiger partial charge is 0.399 e. The number of thioether (sulfide) groups is 1. The minimum atomic E-state index is -0.0443. The molecule has 0 aromatic heterocycles. The van der Waals surface area contributed by atoms with Gasteiger partial charge in [-0.3, -0.25) is 0 Å². The molecule has 3 heteroatoms. The van der Waals surface area contributed by atoms with Gasteiger partial charge in [-0.2, -0.15) is 0 Å². The summed E-state index contributed by atoms with van der Waals surface area (Å²) in [6.45, 7) is 4.21. The Hall–Kier alpha value is -0.960. The maximum atomic E-state index is 4.67. The second-order valence-corrected chi connectivity index (χ2v) is 5.16. The number of rotatable bonds is 4. The molecule has 0 aliphatic heterocycles. The third kappa shape index (κ3) is 3.83. The van der Waals surface area contributed by atoms with Gasteiger partial charge in [0.1, 0.15) is 7.11 Å². The van der Waals surface area contributed by atoms with Gasteiger partial charge in [0.25, 0.3) is 0 Å². The third-order valence-electron chi connectivity index (χ3n) is 1.59. The van der Waals surface area contributed by atoms with Crippen LogP contribution < -0.4 is 0 Å². The van der Waals surface area contributed by atoms with E-state index in [1.807, 2.05) is 24.4 Å². The van der Waals surface area contributed by atoms with Gasteiger partial charge in [-0.1, -0.05) is 23.4 Å². The predicted molar refractivity (Wildman–Crippen MR) is 61.9 cm³/mol. The molecule has 1 aromatic carbocycles. The van der Waals surface area contributed by atoms with Gasteiger partial charge in [0.15, 0.2) is 0 Å². The first kappa shape index (κ1) is 11.1. The first-order valence-corrected chi connectivity index (χ1v) is 5.27. The van der Waals surface area contributed by atoms with Crippen LogP contribution in [-0.4, -0.2) is 18.1 Å². The number of hydrogen-bond acceptors (Lipinski definition) is 3. The lowest BCUT2D eigenvalue weighted by Crippen LogP contribution is -2.16. The van der Waals surface area contributed by atoms with E-state index in [1.54, 1.807) is 18.9 Å². The average Bonchev–Trinajstić information content (AvgIpc) is 2.16. The molecule has 0 unspecified atom stereocenters. The Morgan fingerprint density at radius 1 is 1.29 bits per heavy atom. The van der Waals surface area contributed by atoms with E-state index in [0.29, 0.717) is 0 Å². The number of hydrogen-bond donors (Lipinski definition) is 0. The first-order valence-electron chi connectivity index (χ1n) is 4.46. The Labute approximate surface area is 89.3 Å². The highest BCUT2D eigenvalue weighted by Gasteiger charge is 2.16. The quantitative estimate of drug-likeness (QED) is 0.431. The summed E-state index contributed by atoms with van der Waals surface area (Å²) in [6, 6.07) is 10.3. The summed E-state index contributed by atoms with van der Waals surface area (Å²) in [4.78, 5) is 5.91. The summed E-state index contributed by atoms with van der Waals surface area (Å²) in [7, 11) is 1.56. The summed E-state index contributed by atoms with van der Waals surface area (Å²) in [5.74, 6) is 0. The van der Waals surface area contributed by atoms with Gasteiger partial charge in [-0.15, -0.1) is 11.8 Å². The van der Waals surface area contributed by atoms with Crippen LogP contribution in [0.3, 0.4) is 0 Å². The molecule has 14 heavy (non-hydrogen) atoms. The SMILES string of the molecule is CO/N=C/C(C)(C)Sc1ccccc1. The van der Waals surface area contributed by atoms with Gasteiger partial charge in [-0.05, 0) is 26.0 Å². The summed E-state index contributed by atoms with van der Waals surface area (Å²) < 4.78 is -0.0443. The van der Waals surface area contributed by atoms with Gasteiger partial charge in [0, 0.05) is 4.90 Å². The molecule has 1 aromatic rings. The van der Waals surface area contributed by atoms with Crippen molar-refractivity contribution in [3.63, 3.8) is 0 Å². The lowest BCUT2D eigenvalue weighted by atomic mass is 10.2. The van der Waals surface area contributed by atoms with Crippen molar-refractivity contribution in [2.75, 3.05) is 7.11 Å². The van der Waals surface area contributed by atoms with Crippen molar-refractivity contribution < 1.29 is 4.84 Å². The van der Waals surface area contributed by atoms with E-state index in [0.717, 1.165) is 0 Å². The number of benzene rings is 1. The normalized spacial score (nSPS) is 11.9. The summed E-state index contributed by atoms with van der Waals surface area (Å²) in [5.41, 5.74) is 0. The topological polar surface area (TPSA) is 21.6 Å². The molecule has 1 rings (SSSR count). The third-order valence-corrected chi connectivity index (χ3v) is 2.73. The monoisotopic (exact) mass is 209 g/mol. The second-order valence-electron chi connectivity index (χ2n) is 3.44. The summed E-state index contributed by atoms with van der Waals surface area (Å²) in [6.07, 6.45) is 1.81. The van der Waals surface area contributed by atoms with Crippen molar-refractivity contribution >= 4 is 18.0 Å². The van der Waals surface area contributed by atoms with E-state index in [9.17, 15) is 0 Å². The molecule has 0 N–H and O–H groups in total. The van der Waals surface area contributed by atoms with Crippen LogP contribution in [0.4, 0.5) is 0 Å². The molecule has 0 radical (unpaired) electrons. The van der Waals surface area contributed by atoms with Gasteiger partial charge in [0.05, 0.1) is 11.0 Å². The zero-order chi connectivity index (χ0) is 10.4. The van der Waals surface area contributed by atoms with Crippen molar-refractivity contribution in [1.82, 2.24) is 0 Å². The molecule has 0 saturated heterocycles. The van der Waals surface area contributed by atoms with Crippen LogP contribution >= 0.6 is 11.8 Å². The Balaban J connectivity index is 2.63. The fourth-order valence-corrected chi connectivity index (χ4v) is 1.99. The van der Waals surface area contributed by atoms with E-state index in [-0.39, 0.29) is 4.75 Å². The van der Waals surface area contributed by atoms with Crippen molar-refractivity contribution in [3.8, 4) is 0 Å². The molecule has 0 spiro atoms. The van der Waals surface area contributed by atoms with Crippen molar-refractivity contribution in [1.29, 1.82) is 0 Å². The molecule has 0 saturated carbocycles. The van der Waals surface area contributed by atoms with E-state index in [1.165, 1.54) is 4.90 Å². The van der Waals surface area contributed by atoms with Gasteiger partial charge < -0.3 is 4.84 Å². The standard InChI is InChI=1S/C11H15NOS/c1-11(2,9-12-13-3)14-10-7-5-4-6-8-10/h4-9H,1-3H3/b12-9+. The fraction of sp³-hybridized carbons (Fsp3) is 0.364. The van der Waals surface area contributed by atoms with E-state index in [2.05, 4.69) is 36.0 Å². The fourth-order valence-electron chi connectivity index (χ4n) is 0.998. The van der Waals surface area contributed by atoms with Gasteiger partial charge >= 0.3 is 0 Å². The van der Waals surface area contributed by atoms with Gasteiger partial charge in [-0.25, -0.2) is 0 Å². The Kier molecular flexibility index (Phi) is 4.01. The maximum absolute atomic E-state index is 4.67. The molecule has 0 bridgehead atoms. The van der Waals surface area contributed by atoms with E-state index in [4.69, 9.17) is 0 Å². The lowest BCUT2D eigenvalue weighted by Gasteiger charge is -2.17. The number of oxime groups is 1. The Morgan fingerprint density at radius 3 is 2.50 bits per heavy atom. The van der Waals surface area contributed by atoms with Crippen LogP contribution in [0.25, 0.3) is 0 Å². The van der Waals surface area contributed by atoms with Crippen LogP contribution in [0.1, 0.15) is 13.8 Å². The van der Waals surface area contributed by atoms with Gasteiger partial charge in [0.2, 0.25) is 0 Å². The maximum Gasteiger partial charge on any atom is 0.106 e. The number of nitrogens with zero attached hydrogens (tertiary/aromatic N) is 1. The van der Waals surface area contributed by atoms with Crippen molar-refractivity contribution in [3.05, 3.63) is 30.3 Å². The molecule has 0 aliphatic rings. The average molecular weight is 209 g/mol. The smallest absolute Gasteiger partial charge is 0.106 e.